The average Bonchev–Trinajstić information content (AvgIpc) is 3.03. The van der Waals surface area contributed by atoms with Crippen molar-refractivity contribution in [1.29, 1.82) is 0 Å². The number of benzene rings is 1. The van der Waals surface area contributed by atoms with Crippen LogP contribution in [0.3, 0.4) is 0 Å². The van der Waals surface area contributed by atoms with Gasteiger partial charge in [-0.1, -0.05) is 12.1 Å². The molecule has 3 rings (SSSR count). The number of anilines is 2. The number of likely N-dealkylation sites (N-methyl/N-ethyl adjacent to an activating group) is 1. The number of hydrogen-bond acceptors (Lipinski definition) is 2. The zero-order valence-electron chi connectivity index (χ0n) is 9.71. The summed E-state index contributed by atoms with van der Waals surface area (Å²) in [6.45, 7) is 5.12. The Morgan fingerprint density at radius 3 is 2.81 bits per heavy atom. The van der Waals surface area contributed by atoms with Gasteiger partial charge in [-0.3, -0.25) is 4.79 Å². The summed E-state index contributed by atoms with van der Waals surface area (Å²) < 4.78 is 0. The summed E-state index contributed by atoms with van der Waals surface area (Å²) in [5, 5.41) is 3.04. The molecule has 1 heterocycles. The Balaban J connectivity index is 2.18. The van der Waals surface area contributed by atoms with Crippen LogP contribution in [0.4, 0.5) is 11.4 Å². The number of nitrogens with zero attached hydrogens (tertiary/aromatic N) is 1. The molecular weight excluding hydrogens is 200 g/mol. The van der Waals surface area contributed by atoms with Crippen molar-refractivity contribution in [3.8, 4) is 0 Å². The Kier molecular flexibility index (Phi) is 1.82. The minimum absolute atomic E-state index is 0.174. The number of aryl methyl sites for hydroxylation is 1. The first kappa shape index (κ1) is 9.70. The van der Waals surface area contributed by atoms with E-state index in [1.165, 1.54) is 11.3 Å². The van der Waals surface area contributed by atoms with E-state index < -0.39 is 0 Å². The molecule has 2 aliphatic rings. The number of rotatable bonds is 1. The molecule has 0 radical (unpaired) electrons. The molecule has 3 heteroatoms. The van der Waals surface area contributed by atoms with Crippen molar-refractivity contribution in [1.82, 2.24) is 0 Å². The summed E-state index contributed by atoms with van der Waals surface area (Å²) in [5.74, 6) is 0.174. The molecule has 16 heavy (non-hydrogen) atoms. The Labute approximate surface area is 95.4 Å². The van der Waals surface area contributed by atoms with E-state index >= 15 is 0 Å². The third kappa shape index (κ3) is 1.06. The van der Waals surface area contributed by atoms with Gasteiger partial charge >= 0.3 is 0 Å². The second kappa shape index (κ2) is 3.00. The summed E-state index contributed by atoms with van der Waals surface area (Å²) in [5.41, 5.74) is 3.19. The first-order chi connectivity index (χ1) is 7.69. The van der Waals surface area contributed by atoms with Crippen molar-refractivity contribution in [2.24, 2.45) is 0 Å². The molecule has 1 spiro atoms. The number of nitrogens with one attached hydrogen (secondary N) is 1. The Morgan fingerprint density at radius 1 is 1.44 bits per heavy atom. The maximum Gasteiger partial charge on any atom is 0.250 e. The van der Waals surface area contributed by atoms with Crippen molar-refractivity contribution in [2.45, 2.75) is 32.2 Å². The van der Waals surface area contributed by atoms with Gasteiger partial charge in [-0.05, 0) is 38.3 Å². The van der Waals surface area contributed by atoms with E-state index in [-0.39, 0.29) is 11.4 Å². The fourth-order valence-corrected chi connectivity index (χ4v) is 2.77. The molecule has 3 nitrogen and oxygen atoms in total. The Bertz CT molecular complexity index is 463. The van der Waals surface area contributed by atoms with E-state index in [4.69, 9.17) is 0 Å². The van der Waals surface area contributed by atoms with E-state index in [1.807, 2.05) is 12.1 Å². The molecule has 1 aromatic carbocycles. The molecule has 0 unspecified atom stereocenters. The maximum absolute atomic E-state index is 12.1. The predicted molar refractivity (Wildman–Crippen MR) is 64.8 cm³/mol. The Morgan fingerprint density at radius 2 is 2.19 bits per heavy atom. The van der Waals surface area contributed by atoms with Crippen LogP contribution in [-0.2, 0) is 4.79 Å². The normalized spacial score (nSPS) is 20.6. The lowest BCUT2D eigenvalue weighted by Gasteiger charge is -2.39. The van der Waals surface area contributed by atoms with Crippen LogP contribution in [0.15, 0.2) is 18.2 Å². The topological polar surface area (TPSA) is 32.3 Å². The van der Waals surface area contributed by atoms with Crippen LogP contribution < -0.4 is 10.2 Å². The summed E-state index contributed by atoms with van der Waals surface area (Å²) in [4.78, 5) is 14.3. The van der Waals surface area contributed by atoms with Crippen LogP contribution in [0.5, 0.6) is 0 Å². The molecule has 1 amide bonds. The van der Waals surface area contributed by atoms with Crippen LogP contribution in [0.2, 0.25) is 0 Å². The van der Waals surface area contributed by atoms with Crippen LogP contribution in [0.1, 0.15) is 25.3 Å². The first-order valence-corrected chi connectivity index (χ1v) is 5.88. The van der Waals surface area contributed by atoms with Crippen LogP contribution in [0, 0.1) is 6.92 Å². The minimum Gasteiger partial charge on any atom is -0.355 e. The zero-order valence-corrected chi connectivity index (χ0v) is 9.71. The zero-order chi connectivity index (χ0) is 11.3. The molecule has 0 aromatic heterocycles. The van der Waals surface area contributed by atoms with Gasteiger partial charge in [0.05, 0.1) is 11.4 Å². The van der Waals surface area contributed by atoms with Crippen molar-refractivity contribution < 1.29 is 4.79 Å². The van der Waals surface area contributed by atoms with E-state index in [0.717, 1.165) is 25.1 Å². The summed E-state index contributed by atoms with van der Waals surface area (Å²) in [6, 6.07) is 6.08. The summed E-state index contributed by atoms with van der Waals surface area (Å²) in [7, 11) is 0. The van der Waals surface area contributed by atoms with Crippen LogP contribution >= 0.6 is 0 Å². The van der Waals surface area contributed by atoms with Crippen molar-refractivity contribution >= 4 is 17.3 Å². The SMILES string of the molecule is CCN1c2c(C)cccc2NC(=O)C12CC2. The molecule has 1 N–H and O–H groups in total. The predicted octanol–water partition coefficient (Wildman–Crippen LogP) is 2.31. The number of hydrogen-bond donors (Lipinski definition) is 1. The average molecular weight is 216 g/mol. The third-order valence-electron chi connectivity index (χ3n) is 3.74. The van der Waals surface area contributed by atoms with E-state index in [1.54, 1.807) is 0 Å². The highest BCUT2D eigenvalue weighted by Crippen LogP contribution is 2.50. The highest BCUT2D eigenvalue weighted by Gasteiger charge is 2.57. The van der Waals surface area contributed by atoms with Gasteiger partial charge in [0.2, 0.25) is 5.91 Å². The molecule has 0 bridgehead atoms. The lowest BCUT2D eigenvalue weighted by atomic mass is 10.0. The number of para-hydroxylation sites is 1. The van der Waals surface area contributed by atoms with E-state index in [0.29, 0.717) is 0 Å². The van der Waals surface area contributed by atoms with Gasteiger partial charge in [0.1, 0.15) is 5.54 Å². The van der Waals surface area contributed by atoms with E-state index in [9.17, 15) is 4.79 Å². The minimum atomic E-state index is -0.228. The molecule has 1 aliphatic heterocycles. The monoisotopic (exact) mass is 216 g/mol. The maximum atomic E-state index is 12.1. The smallest absolute Gasteiger partial charge is 0.250 e. The van der Waals surface area contributed by atoms with E-state index in [2.05, 4.69) is 30.1 Å². The fraction of sp³-hybridized carbons (Fsp3) is 0.462. The van der Waals surface area contributed by atoms with Gasteiger partial charge in [0.15, 0.2) is 0 Å². The molecule has 1 saturated carbocycles. The quantitative estimate of drug-likeness (QED) is 0.781. The van der Waals surface area contributed by atoms with Gasteiger partial charge in [0.25, 0.3) is 0 Å². The van der Waals surface area contributed by atoms with Crippen LogP contribution in [-0.4, -0.2) is 18.0 Å². The number of carbonyl (C=O) groups excluding carboxylic acids is 1. The van der Waals surface area contributed by atoms with Gasteiger partial charge in [-0.25, -0.2) is 0 Å². The molecule has 84 valence electrons. The standard InChI is InChI=1S/C13H16N2O/c1-3-15-11-9(2)5-4-6-10(11)14-12(16)13(15)7-8-13/h4-6H,3,7-8H2,1-2H3,(H,14,16). The first-order valence-electron chi connectivity index (χ1n) is 5.88. The highest BCUT2D eigenvalue weighted by molar-refractivity contribution is 6.09. The van der Waals surface area contributed by atoms with Gasteiger partial charge < -0.3 is 10.2 Å². The molecule has 0 atom stereocenters. The largest absolute Gasteiger partial charge is 0.355 e. The molecule has 1 aromatic rings. The molecule has 1 aliphatic carbocycles. The van der Waals surface area contributed by atoms with Gasteiger partial charge in [-0.15, -0.1) is 0 Å². The van der Waals surface area contributed by atoms with Gasteiger partial charge in [0, 0.05) is 6.54 Å². The Hall–Kier alpha value is -1.51. The second-order valence-electron chi connectivity index (χ2n) is 4.70. The lowest BCUT2D eigenvalue weighted by Crippen LogP contribution is -2.50. The molecule has 1 fully saturated rings. The number of fused-ring (bicyclic) bond motifs is 1. The highest BCUT2D eigenvalue weighted by atomic mass is 16.2. The fourth-order valence-electron chi connectivity index (χ4n) is 2.77. The van der Waals surface area contributed by atoms with Crippen molar-refractivity contribution in [2.75, 3.05) is 16.8 Å². The van der Waals surface area contributed by atoms with Crippen LogP contribution in [0.25, 0.3) is 0 Å². The number of carbonyl (C=O) groups is 1. The van der Waals surface area contributed by atoms with Gasteiger partial charge in [-0.2, -0.15) is 0 Å². The van der Waals surface area contributed by atoms with Crippen molar-refractivity contribution in [3.05, 3.63) is 23.8 Å². The molecule has 0 saturated heterocycles. The third-order valence-corrected chi connectivity index (χ3v) is 3.74. The summed E-state index contributed by atoms with van der Waals surface area (Å²) in [6.07, 6.45) is 1.97. The number of amides is 1. The lowest BCUT2D eigenvalue weighted by molar-refractivity contribution is -0.118. The second-order valence-corrected chi connectivity index (χ2v) is 4.70. The van der Waals surface area contributed by atoms with Crippen molar-refractivity contribution in [3.63, 3.8) is 0 Å². The summed E-state index contributed by atoms with van der Waals surface area (Å²) >= 11 is 0. The molecular formula is C13H16N2O.